The molecule has 0 radical (unpaired) electrons. The maximum atomic E-state index is 11.7. The number of aromatic carboxylic acids is 1. The number of nitrogens with one attached hydrogen (secondary N) is 1. The van der Waals surface area contributed by atoms with Crippen LogP contribution in [0.25, 0.3) is 22.3 Å². The molecular formula is C22H23N3O2. The number of hydrogen-bond acceptors (Lipinski definition) is 4. The lowest BCUT2D eigenvalue weighted by Crippen LogP contribution is -2.28. The lowest BCUT2D eigenvalue weighted by molar-refractivity contribution is 0.0697. The van der Waals surface area contributed by atoms with E-state index in [0.29, 0.717) is 11.4 Å². The van der Waals surface area contributed by atoms with Gasteiger partial charge in [-0.2, -0.15) is 0 Å². The minimum absolute atomic E-state index is 0.157. The fraction of sp³-hybridized carbons (Fsp3) is 0.136. The van der Waals surface area contributed by atoms with E-state index in [-0.39, 0.29) is 5.56 Å². The molecule has 0 fully saturated rings. The van der Waals surface area contributed by atoms with Gasteiger partial charge in [0, 0.05) is 14.1 Å². The third-order valence-electron chi connectivity index (χ3n) is 4.64. The van der Waals surface area contributed by atoms with Crippen LogP contribution in [0.5, 0.6) is 0 Å². The molecule has 3 rings (SSSR count). The van der Waals surface area contributed by atoms with Gasteiger partial charge in [0.2, 0.25) is 0 Å². The van der Waals surface area contributed by atoms with Gasteiger partial charge in [-0.25, -0.2) is 10.6 Å². The van der Waals surface area contributed by atoms with Gasteiger partial charge >= 0.3 is 5.97 Å². The number of benzene rings is 3. The van der Waals surface area contributed by atoms with Crippen LogP contribution < -0.4 is 16.2 Å². The second kappa shape index (κ2) is 7.51. The van der Waals surface area contributed by atoms with Gasteiger partial charge in [-0.3, -0.25) is 0 Å². The highest BCUT2D eigenvalue weighted by Crippen LogP contribution is 2.35. The minimum atomic E-state index is -1.02. The Balaban J connectivity index is 2.08. The van der Waals surface area contributed by atoms with Crippen molar-refractivity contribution in [3.05, 3.63) is 71.8 Å². The van der Waals surface area contributed by atoms with Crippen molar-refractivity contribution in [1.82, 2.24) is 0 Å². The van der Waals surface area contributed by atoms with Gasteiger partial charge in [-0.1, -0.05) is 48.5 Å². The van der Waals surface area contributed by atoms with Gasteiger partial charge in [0.05, 0.1) is 16.9 Å². The van der Waals surface area contributed by atoms with Gasteiger partial charge < -0.3 is 15.4 Å². The first-order chi connectivity index (χ1) is 12.9. The molecule has 0 unspecified atom stereocenters. The average Bonchev–Trinajstić information content (AvgIpc) is 2.67. The molecule has 0 aliphatic rings. The number of aryl methyl sites for hydroxylation is 1. The quantitative estimate of drug-likeness (QED) is 0.464. The first-order valence-corrected chi connectivity index (χ1v) is 8.66. The standard InChI is InChI=1S/C22H23N3O2/c1-14-6-4-5-7-18(14)16-10-8-15(9-11-16)17-12-19(22(26)27)21(25(3)23)20(13-17)24-2/h4-13,24H,23H2,1-3H3,(H,26,27). The van der Waals surface area contributed by atoms with Crippen molar-refractivity contribution >= 4 is 17.3 Å². The predicted molar refractivity (Wildman–Crippen MR) is 111 cm³/mol. The molecule has 0 saturated heterocycles. The Morgan fingerprint density at radius 3 is 2.19 bits per heavy atom. The summed E-state index contributed by atoms with van der Waals surface area (Å²) in [7, 11) is 3.37. The molecule has 3 aromatic carbocycles. The van der Waals surface area contributed by atoms with E-state index in [4.69, 9.17) is 5.84 Å². The monoisotopic (exact) mass is 361 g/mol. The molecule has 3 aromatic rings. The van der Waals surface area contributed by atoms with Gasteiger partial charge in [0.15, 0.2) is 0 Å². The van der Waals surface area contributed by atoms with Crippen LogP contribution in [0.1, 0.15) is 15.9 Å². The highest BCUT2D eigenvalue weighted by molar-refractivity contribution is 6.00. The number of carbonyl (C=O) groups is 1. The van der Waals surface area contributed by atoms with E-state index >= 15 is 0 Å². The number of nitrogens with zero attached hydrogens (tertiary/aromatic N) is 1. The largest absolute Gasteiger partial charge is 0.478 e. The minimum Gasteiger partial charge on any atom is -0.478 e. The van der Waals surface area contributed by atoms with Crippen LogP contribution >= 0.6 is 0 Å². The van der Waals surface area contributed by atoms with Crippen molar-refractivity contribution in [2.75, 3.05) is 24.4 Å². The Hall–Kier alpha value is -3.31. The Labute approximate surface area is 159 Å². The Bertz CT molecular complexity index is 979. The van der Waals surface area contributed by atoms with E-state index in [1.807, 2.05) is 30.3 Å². The summed E-state index contributed by atoms with van der Waals surface area (Å²) in [6.07, 6.45) is 0. The highest BCUT2D eigenvalue weighted by atomic mass is 16.4. The highest BCUT2D eigenvalue weighted by Gasteiger charge is 2.18. The van der Waals surface area contributed by atoms with Crippen LogP contribution in [0.2, 0.25) is 0 Å². The molecule has 5 heteroatoms. The summed E-state index contributed by atoms with van der Waals surface area (Å²) < 4.78 is 0. The fourth-order valence-electron chi connectivity index (χ4n) is 3.27. The van der Waals surface area contributed by atoms with Crippen LogP contribution in [0.15, 0.2) is 60.7 Å². The third kappa shape index (κ3) is 3.64. The Morgan fingerprint density at radius 2 is 1.63 bits per heavy atom. The smallest absolute Gasteiger partial charge is 0.337 e. The maximum absolute atomic E-state index is 11.7. The molecule has 0 amide bonds. The fourth-order valence-corrected chi connectivity index (χ4v) is 3.27. The molecule has 0 aromatic heterocycles. The summed E-state index contributed by atoms with van der Waals surface area (Å²) in [5, 5.41) is 14.0. The van der Waals surface area contributed by atoms with Crippen LogP contribution in [0.3, 0.4) is 0 Å². The number of rotatable bonds is 5. The molecule has 0 aliphatic carbocycles. The SMILES string of the molecule is CNc1cc(-c2ccc(-c3ccccc3C)cc2)cc(C(=O)O)c1N(C)N. The molecule has 138 valence electrons. The molecular weight excluding hydrogens is 338 g/mol. The third-order valence-corrected chi connectivity index (χ3v) is 4.64. The number of anilines is 2. The number of nitrogens with two attached hydrogens (primary N) is 1. The van der Waals surface area contributed by atoms with E-state index in [2.05, 4.69) is 36.5 Å². The summed E-state index contributed by atoms with van der Waals surface area (Å²) >= 11 is 0. The van der Waals surface area contributed by atoms with E-state index in [9.17, 15) is 9.90 Å². The normalized spacial score (nSPS) is 10.5. The Morgan fingerprint density at radius 1 is 1.00 bits per heavy atom. The van der Waals surface area contributed by atoms with Crippen LogP contribution in [0, 0.1) is 6.92 Å². The van der Waals surface area contributed by atoms with Crippen LogP contribution in [-0.2, 0) is 0 Å². The number of carboxylic acid groups (broad SMARTS) is 1. The average molecular weight is 361 g/mol. The van der Waals surface area contributed by atoms with Crippen LogP contribution in [-0.4, -0.2) is 25.2 Å². The van der Waals surface area contributed by atoms with Crippen molar-refractivity contribution in [2.45, 2.75) is 6.92 Å². The molecule has 0 heterocycles. The predicted octanol–water partition coefficient (Wildman–Crippen LogP) is 4.38. The second-order valence-corrected chi connectivity index (χ2v) is 6.48. The number of hydrogen-bond donors (Lipinski definition) is 3. The molecule has 5 nitrogen and oxygen atoms in total. The Kier molecular flexibility index (Phi) is 5.14. The van der Waals surface area contributed by atoms with Crippen molar-refractivity contribution < 1.29 is 9.90 Å². The zero-order valence-corrected chi connectivity index (χ0v) is 15.7. The zero-order chi connectivity index (χ0) is 19.6. The summed E-state index contributed by atoms with van der Waals surface area (Å²) in [5.74, 6) is 4.83. The molecule has 0 aliphatic heterocycles. The summed E-state index contributed by atoms with van der Waals surface area (Å²) in [6, 6.07) is 19.9. The van der Waals surface area contributed by atoms with E-state index in [1.165, 1.54) is 16.1 Å². The molecule has 27 heavy (non-hydrogen) atoms. The van der Waals surface area contributed by atoms with Crippen LogP contribution in [0.4, 0.5) is 11.4 Å². The van der Waals surface area contributed by atoms with Gasteiger partial charge in [0.25, 0.3) is 0 Å². The van der Waals surface area contributed by atoms with Gasteiger partial charge in [-0.15, -0.1) is 0 Å². The maximum Gasteiger partial charge on any atom is 0.337 e. The molecule has 4 N–H and O–H groups in total. The molecule has 0 saturated carbocycles. The first-order valence-electron chi connectivity index (χ1n) is 8.66. The first kappa shape index (κ1) is 18.5. The molecule has 0 atom stereocenters. The van der Waals surface area contributed by atoms with Crippen molar-refractivity contribution in [3.63, 3.8) is 0 Å². The summed E-state index contributed by atoms with van der Waals surface area (Å²) in [4.78, 5) is 11.7. The van der Waals surface area contributed by atoms with Gasteiger partial charge in [0.1, 0.15) is 0 Å². The lowest BCUT2D eigenvalue weighted by Gasteiger charge is -2.21. The summed E-state index contributed by atoms with van der Waals surface area (Å²) in [6.45, 7) is 2.09. The summed E-state index contributed by atoms with van der Waals surface area (Å²) in [5.41, 5.74) is 6.56. The van der Waals surface area contributed by atoms with E-state index in [1.54, 1.807) is 20.2 Å². The molecule has 0 spiro atoms. The van der Waals surface area contributed by atoms with Gasteiger partial charge in [-0.05, 0) is 46.9 Å². The zero-order valence-electron chi connectivity index (χ0n) is 15.7. The topological polar surface area (TPSA) is 78.6 Å². The van der Waals surface area contributed by atoms with Crippen molar-refractivity contribution in [1.29, 1.82) is 0 Å². The number of carboxylic acids is 1. The van der Waals surface area contributed by atoms with E-state index < -0.39 is 5.97 Å². The van der Waals surface area contributed by atoms with Crippen molar-refractivity contribution in [3.8, 4) is 22.3 Å². The lowest BCUT2D eigenvalue weighted by atomic mass is 9.96. The second-order valence-electron chi connectivity index (χ2n) is 6.48. The number of hydrazine groups is 1. The van der Waals surface area contributed by atoms with E-state index in [0.717, 1.165) is 16.7 Å². The molecule has 0 bridgehead atoms. The van der Waals surface area contributed by atoms with Crippen molar-refractivity contribution in [2.24, 2.45) is 5.84 Å².